The number of hydrogen-bond acceptors (Lipinski definition) is 0. The van der Waals surface area contributed by atoms with E-state index >= 15 is 0 Å². The van der Waals surface area contributed by atoms with Crippen LogP contribution in [0.25, 0.3) is 5.57 Å². The van der Waals surface area contributed by atoms with Gasteiger partial charge >= 0.3 is 0 Å². The predicted molar refractivity (Wildman–Crippen MR) is 97.0 cm³/mol. The number of aryl methyl sites for hydroxylation is 1. The Balaban J connectivity index is 3.29. The number of rotatable bonds is 7. The van der Waals surface area contributed by atoms with Crippen molar-refractivity contribution in [1.82, 2.24) is 0 Å². The molecule has 0 nitrogen and oxygen atoms in total. The van der Waals surface area contributed by atoms with Gasteiger partial charge in [0.05, 0.1) is 0 Å². The van der Waals surface area contributed by atoms with Gasteiger partial charge in [-0.05, 0) is 61.9 Å². The molecule has 1 atom stereocenters. The van der Waals surface area contributed by atoms with E-state index in [1.165, 1.54) is 22.3 Å². The maximum atomic E-state index is 14.7. The van der Waals surface area contributed by atoms with Gasteiger partial charge in [0.1, 0.15) is 5.67 Å². The number of allylic oxidation sites excluding steroid dienone is 5. The standard InChI is InChI=1S/C21H29F/c1-7-9-10-11-17(4)20-18(5)16(3)12-13-19(20)15-21(6,22)14-8-2/h7,9-13H,1,8,14-15H2,2-6H3/b10-9-,17-11+. The lowest BCUT2D eigenvalue weighted by atomic mass is 9.85. The van der Waals surface area contributed by atoms with Crippen LogP contribution in [0.1, 0.15) is 55.9 Å². The molecule has 0 fully saturated rings. The van der Waals surface area contributed by atoms with Crippen LogP contribution in [0.3, 0.4) is 0 Å². The van der Waals surface area contributed by atoms with Crippen LogP contribution >= 0.6 is 0 Å². The average molecular weight is 300 g/mol. The van der Waals surface area contributed by atoms with Gasteiger partial charge in [0.2, 0.25) is 0 Å². The molecule has 0 saturated heterocycles. The van der Waals surface area contributed by atoms with E-state index in [1.54, 1.807) is 13.0 Å². The highest BCUT2D eigenvalue weighted by Gasteiger charge is 2.24. The normalized spacial score (nSPS) is 15.1. The van der Waals surface area contributed by atoms with Gasteiger partial charge in [0.25, 0.3) is 0 Å². The number of hydrogen-bond donors (Lipinski definition) is 0. The van der Waals surface area contributed by atoms with Crippen molar-refractivity contribution in [2.75, 3.05) is 0 Å². The van der Waals surface area contributed by atoms with Crippen molar-refractivity contribution in [3.63, 3.8) is 0 Å². The molecule has 22 heavy (non-hydrogen) atoms. The van der Waals surface area contributed by atoms with Crippen molar-refractivity contribution < 1.29 is 4.39 Å². The van der Waals surface area contributed by atoms with Gasteiger partial charge in [-0.1, -0.05) is 56.4 Å². The largest absolute Gasteiger partial charge is 0.244 e. The van der Waals surface area contributed by atoms with Crippen molar-refractivity contribution in [2.45, 2.75) is 59.5 Å². The van der Waals surface area contributed by atoms with Gasteiger partial charge < -0.3 is 0 Å². The molecule has 0 amide bonds. The Kier molecular flexibility index (Phi) is 6.80. The molecule has 0 radical (unpaired) electrons. The molecule has 0 spiro atoms. The van der Waals surface area contributed by atoms with E-state index in [0.29, 0.717) is 12.8 Å². The van der Waals surface area contributed by atoms with Crippen LogP contribution in [0.4, 0.5) is 4.39 Å². The quantitative estimate of drug-likeness (QED) is 0.503. The predicted octanol–water partition coefficient (Wildman–Crippen LogP) is 6.52. The minimum atomic E-state index is -1.15. The van der Waals surface area contributed by atoms with Gasteiger partial charge in [-0.15, -0.1) is 0 Å². The molecule has 1 heteroatoms. The summed E-state index contributed by atoms with van der Waals surface area (Å²) in [6.07, 6.45) is 9.64. The van der Waals surface area contributed by atoms with Crippen LogP contribution in [0, 0.1) is 13.8 Å². The third kappa shape index (κ3) is 4.98. The SMILES string of the molecule is C=C/C=C\C=C(/C)c1c(CC(C)(F)CCC)ccc(C)c1C. The van der Waals surface area contributed by atoms with E-state index in [4.69, 9.17) is 0 Å². The van der Waals surface area contributed by atoms with Crippen molar-refractivity contribution in [3.8, 4) is 0 Å². The molecule has 1 unspecified atom stereocenters. The maximum absolute atomic E-state index is 14.7. The molecule has 0 aliphatic heterocycles. The minimum absolute atomic E-state index is 0.466. The van der Waals surface area contributed by atoms with Crippen LogP contribution in [-0.2, 0) is 6.42 Å². The fourth-order valence-corrected chi connectivity index (χ4v) is 2.94. The second-order valence-electron chi connectivity index (χ2n) is 6.35. The molecule has 1 aromatic rings. The first-order chi connectivity index (χ1) is 10.3. The molecule has 0 aromatic heterocycles. The summed E-state index contributed by atoms with van der Waals surface area (Å²) >= 11 is 0. The minimum Gasteiger partial charge on any atom is -0.244 e. The van der Waals surface area contributed by atoms with Crippen LogP contribution in [-0.4, -0.2) is 5.67 Å². The Bertz CT molecular complexity index is 574. The van der Waals surface area contributed by atoms with Gasteiger partial charge in [-0.25, -0.2) is 4.39 Å². The molecule has 120 valence electrons. The lowest BCUT2D eigenvalue weighted by molar-refractivity contribution is 0.173. The third-order valence-electron chi connectivity index (χ3n) is 4.14. The highest BCUT2D eigenvalue weighted by molar-refractivity contribution is 5.71. The topological polar surface area (TPSA) is 0 Å². The van der Waals surface area contributed by atoms with Crippen LogP contribution in [0.5, 0.6) is 0 Å². The van der Waals surface area contributed by atoms with Gasteiger partial charge in [-0.2, -0.15) is 0 Å². The zero-order chi connectivity index (χ0) is 16.8. The van der Waals surface area contributed by atoms with E-state index in [-0.39, 0.29) is 0 Å². The molecule has 0 bridgehead atoms. The lowest BCUT2D eigenvalue weighted by Gasteiger charge is -2.23. The van der Waals surface area contributed by atoms with E-state index in [1.807, 2.05) is 19.1 Å². The second-order valence-corrected chi connectivity index (χ2v) is 6.35. The van der Waals surface area contributed by atoms with E-state index < -0.39 is 5.67 Å². The number of benzene rings is 1. The van der Waals surface area contributed by atoms with Gasteiger partial charge in [0, 0.05) is 6.42 Å². The summed E-state index contributed by atoms with van der Waals surface area (Å²) in [7, 11) is 0. The molecule has 1 rings (SSSR count). The first kappa shape index (κ1) is 18.4. The Hall–Kier alpha value is -1.63. The molecule has 1 aromatic carbocycles. The Morgan fingerprint density at radius 1 is 1.27 bits per heavy atom. The van der Waals surface area contributed by atoms with E-state index in [2.05, 4.69) is 45.6 Å². The summed E-state index contributed by atoms with van der Waals surface area (Å²) in [5, 5.41) is 0. The monoisotopic (exact) mass is 300 g/mol. The first-order valence-electron chi connectivity index (χ1n) is 8.06. The Morgan fingerprint density at radius 2 is 1.95 bits per heavy atom. The van der Waals surface area contributed by atoms with Crippen LogP contribution in [0.15, 0.2) is 43.0 Å². The van der Waals surface area contributed by atoms with Crippen molar-refractivity contribution in [3.05, 3.63) is 65.3 Å². The number of alkyl halides is 1. The first-order valence-corrected chi connectivity index (χ1v) is 8.06. The molecule has 0 N–H and O–H groups in total. The lowest BCUT2D eigenvalue weighted by Crippen LogP contribution is -2.22. The summed E-state index contributed by atoms with van der Waals surface area (Å²) < 4.78 is 14.7. The second kappa shape index (κ2) is 8.12. The maximum Gasteiger partial charge on any atom is 0.112 e. The molecular weight excluding hydrogens is 271 g/mol. The molecule has 0 saturated carbocycles. The van der Waals surface area contributed by atoms with Crippen molar-refractivity contribution in [2.24, 2.45) is 0 Å². The van der Waals surface area contributed by atoms with Crippen molar-refractivity contribution in [1.29, 1.82) is 0 Å². The van der Waals surface area contributed by atoms with E-state index in [0.717, 1.165) is 12.0 Å². The summed E-state index contributed by atoms with van der Waals surface area (Å²) in [6, 6.07) is 4.18. The summed E-state index contributed by atoms with van der Waals surface area (Å²) in [4.78, 5) is 0. The Labute approximate surface area is 135 Å². The summed E-state index contributed by atoms with van der Waals surface area (Å²) in [5.41, 5.74) is 4.79. The van der Waals surface area contributed by atoms with Gasteiger partial charge in [0.15, 0.2) is 0 Å². The zero-order valence-corrected chi connectivity index (χ0v) is 14.7. The fourth-order valence-electron chi connectivity index (χ4n) is 2.94. The highest BCUT2D eigenvalue weighted by atomic mass is 19.1. The molecule has 0 heterocycles. The molecule has 0 aliphatic rings. The van der Waals surface area contributed by atoms with Crippen LogP contribution in [0.2, 0.25) is 0 Å². The van der Waals surface area contributed by atoms with Gasteiger partial charge in [-0.3, -0.25) is 0 Å². The Morgan fingerprint density at radius 3 is 2.55 bits per heavy atom. The summed E-state index contributed by atoms with van der Waals surface area (Å²) in [5.74, 6) is 0. The van der Waals surface area contributed by atoms with Crippen LogP contribution < -0.4 is 0 Å². The molecular formula is C21H29F. The average Bonchev–Trinajstić information content (AvgIpc) is 2.43. The highest BCUT2D eigenvalue weighted by Crippen LogP contribution is 2.31. The third-order valence-corrected chi connectivity index (χ3v) is 4.14. The van der Waals surface area contributed by atoms with E-state index in [9.17, 15) is 4.39 Å². The number of halogens is 1. The van der Waals surface area contributed by atoms with Crippen molar-refractivity contribution >= 4 is 5.57 Å². The fraction of sp³-hybridized carbons (Fsp3) is 0.429. The smallest absolute Gasteiger partial charge is 0.112 e. The zero-order valence-electron chi connectivity index (χ0n) is 14.7. The summed E-state index contributed by atoms with van der Waals surface area (Å²) in [6.45, 7) is 13.8. The molecule has 0 aliphatic carbocycles.